The van der Waals surface area contributed by atoms with Gasteiger partial charge in [0.1, 0.15) is 5.75 Å². The Balaban J connectivity index is 1.69. The predicted octanol–water partition coefficient (Wildman–Crippen LogP) is 4.38. The molecule has 0 atom stereocenters. The number of amides is 1. The van der Waals surface area contributed by atoms with E-state index in [4.69, 9.17) is 4.74 Å². The fourth-order valence-electron chi connectivity index (χ4n) is 2.82. The fraction of sp³-hybridized carbons (Fsp3) is 0.182. The molecule has 0 bridgehead atoms. The van der Waals surface area contributed by atoms with Gasteiger partial charge in [-0.25, -0.2) is 5.43 Å². The zero-order valence-electron chi connectivity index (χ0n) is 15.4. The Morgan fingerprint density at radius 2 is 2.00 bits per heavy atom. The molecule has 1 N–H and O–H groups in total. The number of nitrogens with zero attached hydrogens (tertiary/aromatic N) is 2. The molecule has 0 saturated carbocycles. The second-order valence-corrected chi connectivity index (χ2v) is 6.11. The number of allylic oxidation sites excluding steroid dienone is 1. The van der Waals surface area contributed by atoms with Crippen molar-refractivity contribution in [2.75, 3.05) is 6.61 Å². The van der Waals surface area contributed by atoms with Crippen molar-refractivity contribution in [1.82, 2.24) is 9.99 Å². The maximum Gasteiger partial charge on any atom is 0.271 e. The summed E-state index contributed by atoms with van der Waals surface area (Å²) in [5.74, 6) is 0.495. The lowest BCUT2D eigenvalue weighted by molar-refractivity contribution is 0.0955. The highest BCUT2D eigenvalue weighted by Crippen LogP contribution is 2.20. The van der Waals surface area contributed by atoms with Crippen LogP contribution in [0.2, 0.25) is 0 Å². The summed E-state index contributed by atoms with van der Waals surface area (Å²) in [5, 5.41) is 5.20. The number of nitrogens with one attached hydrogen (secondary N) is 1. The van der Waals surface area contributed by atoms with E-state index in [0.717, 1.165) is 28.6 Å². The van der Waals surface area contributed by atoms with E-state index in [9.17, 15) is 4.79 Å². The summed E-state index contributed by atoms with van der Waals surface area (Å²) in [5.41, 5.74) is 5.15. The summed E-state index contributed by atoms with van der Waals surface area (Å²) in [6, 6.07) is 15.1. The van der Waals surface area contributed by atoms with Gasteiger partial charge in [0.15, 0.2) is 0 Å². The van der Waals surface area contributed by atoms with Gasteiger partial charge in [0.05, 0.1) is 12.8 Å². The molecule has 1 aromatic heterocycles. The van der Waals surface area contributed by atoms with E-state index in [1.807, 2.05) is 30.5 Å². The number of carbonyl (C=O) groups excluding carboxylic acids is 1. The van der Waals surface area contributed by atoms with Crippen LogP contribution in [0, 0.1) is 0 Å². The summed E-state index contributed by atoms with van der Waals surface area (Å²) in [6.07, 6.45) is 6.46. The van der Waals surface area contributed by atoms with Crippen molar-refractivity contribution in [2.24, 2.45) is 5.10 Å². The monoisotopic (exact) mass is 361 g/mol. The SMILES string of the molecule is C=CCn1cc(/C=N/NC(=O)c2ccc(OCCC)cc2)c2ccccc21. The zero-order valence-corrected chi connectivity index (χ0v) is 15.4. The minimum atomic E-state index is -0.261. The average Bonchev–Trinajstić information content (AvgIpc) is 3.05. The Kier molecular flexibility index (Phi) is 6.05. The predicted molar refractivity (Wildman–Crippen MR) is 109 cm³/mol. The van der Waals surface area contributed by atoms with Crippen LogP contribution in [0.1, 0.15) is 29.3 Å². The number of benzene rings is 2. The van der Waals surface area contributed by atoms with Crippen LogP contribution in [-0.4, -0.2) is 23.3 Å². The number of carbonyl (C=O) groups is 1. The molecule has 27 heavy (non-hydrogen) atoms. The number of aromatic nitrogens is 1. The van der Waals surface area contributed by atoms with E-state index in [1.165, 1.54) is 0 Å². The van der Waals surface area contributed by atoms with Crippen LogP contribution in [0.5, 0.6) is 5.75 Å². The molecule has 1 heterocycles. The molecule has 0 radical (unpaired) electrons. The van der Waals surface area contributed by atoms with Gasteiger partial charge in [0.25, 0.3) is 5.91 Å². The van der Waals surface area contributed by atoms with Crippen LogP contribution in [0.3, 0.4) is 0 Å². The molecular weight excluding hydrogens is 338 g/mol. The lowest BCUT2D eigenvalue weighted by Crippen LogP contribution is -2.17. The molecule has 138 valence electrons. The van der Waals surface area contributed by atoms with Crippen LogP contribution < -0.4 is 10.2 Å². The van der Waals surface area contributed by atoms with Gasteiger partial charge in [-0.15, -0.1) is 6.58 Å². The molecule has 3 rings (SSSR count). The van der Waals surface area contributed by atoms with E-state index >= 15 is 0 Å². The second kappa shape index (κ2) is 8.85. The Labute approximate surface area is 159 Å². The maximum atomic E-state index is 12.2. The average molecular weight is 361 g/mol. The molecule has 0 aliphatic rings. The summed E-state index contributed by atoms with van der Waals surface area (Å²) >= 11 is 0. The quantitative estimate of drug-likeness (QED) is 0.368. The summed E-state index contributed by atoms with van der Waals surface area (Å²) in [4.78, 5) is 12.2. The number of fused-ring (bicyclic) bond motifs is 1. The summed E-state index contributed by atoms with van der Waals surface area (Å²) in [7, 11) is 0. The highest BCUT2D eigenvalue weighted by atomic mass is 16.5. The van der Waals surface area contributed by atoms with Gasteiger partial charge < -0.3 is 9.30 Å². The Hall–Kier alpha value is -3.34. The molecule has 5 heteroatoms. The minimum absolute atomic E-state index is 0.261. The molecular formula is C22H23N3O2. The molecule has 0 saturated heterocycles. The van der Waals surface area contributed by atoms with Gasteiger partial charge in [-0.2, -0.15) is 5.10 Å². The van der Waals surface area contributed by atoms with Crippen molar-refractivity contribution in [1.29, 1.82) is 0 Å². The van der Waals surface area contributed by atoms with E-state index in [0.29, 0.717) is 18.7 Å². The van der Waals surface area contributed by atoms with Crippen LogP contribution >= 0.6 is 0 Å². The molecule has 2 aromatic carbocycles. The zero-order chi connectivity index (χ0) is 19.1. The lowest BCUT2D eigenvalue weighted by atomic mass is 10.2. The van der Waals surface area contributed by atoms with E-state index < -0.39 is 0 Å². The number of rotatable bonds is 8. The molecule has 1 amide bonds. The highest BCUT2D eigenvalue weighted by molar-refractivity contribution is 6.00. The second-order valence-electron chi connectivity index (χ2n) is 6.11. The standard InChI is InChI=1S/C22H23N3O2/c1-3-13-25-16-18(20-7-5-6-8-21(20)25)15-23-24-22(26)17-9-11-19(12-10-17)27-14-4-2/h3,5-12,15-16H,1,4,13-14H2,2H3,(H,24,26)/b23-15+. The molecule has 3 aromatic rings. The molecule has 0 aliphatic heterocycles. The van der Waals surface area contributed by atoms with Crippen LogP contribution in [0.4, 0.5) is 0 Å². The van der Waals surface area contributed by atoms with E-state index in [1.54, 1.807) is 30.5 Å². The van der Waals surface area contributed by atoms with E-state index in [-0.39, 0.29) is 5.91 Å². The Morgan fingerprint density at radius 1 is 1.22 bits per heavy atom. The van der Waals surface area contributed by atoms with Crippen molar-refractivity contribution >= 4 is 23.0 Å². The number of hydrogen-bond donors (Lipinski definition) is 1. The van der Waals surface area contributed by atoms with Gasteiger partial charge in [0, 0.05) is 34.8 Å². The molecule has 0 aliphatic carbocycles. The fourth-order valence-corrected chi connectivity index (χ4v) is 2.82. The third-order valence-corrected chi connectivity index (χ3v) is 4.10. The summed E-state index contributed by atoms with van der Waals surface area (Å²) in [6.45, 7) is 7.22. The minimum Gasteiger partial charge on any atom is -0.494 e. The van der Waals surface area contributed by atoms with Crippen LogP contribution in [0.25, 0.3) is 10.9 Å². The maximum absolute atomic E-state index is 12.2. The van der Waals surface area contributed by atoms with Gasteiger partial charge in [-0.05, 0) is 36.8 Å². The van der Waals surface area contributed by atoms with E-state index in [2.05, 4.69) is 34.7 Å². The van der Waals surface area contributed by atoms with Gasteiger partial charge in [-0.1, -0.05) is 31.2 Å². The topological polar surface area (TPSA) is 55.6 Å². The van der Waals surface area contributed by atoms with Gasteiger partial charge in [0.2, 0.25) is 0 Å². The first kappa shape index (κ1) is 18.5. The normalized spacial score (nSPS) is 11.0. The van der Waals surface area contributed by atoms with Crippen LogP contribution in [0.15, 0.2) is 72.5 Å². The lowest BCUT2D eigenvalue weighted by Gasteiger charge is -2.05. The smallest absolute Gasteiger partial charge is 0.271 e. The first-order chi connectivity index (χ1) is 13.2. The molecule has 0 fully saturated rings. The van der Waals surface area contributed by atoms with Crippen molar-refractivity contribution in [3.63, 3.8) is 0 Å². The van der Waals surface area contributed by atoms with Crippen molar-refractivity contribution in [2.45, 2.75) is 19.9 Å². The van der Waals surface area contributed by atoms with Crippen molar-refractivity contribution < 1.29 is 9.53 Å². The van der Waals surface area contributed by atoms with Crippen molar-refractivity contribution in [3.05, 3.63) is 78.5 Å². The Bertz CT molecular complexity index is 955. The number of hydrazone groups is 1. The first-order valence-corrected chi connectivity index (χ1v) is 8.98. The molecule has 0 spiro atoms. The van der Waals surface area contributed by atoms with Crippen LogP contribution in [-0.2, 0) is 6.54 Å². The third kappa shape index (κ3) is 4.44. The molecule has 5 nitrogen and oxygen atoms in total. The number of ether oxygens (including phenoxy) is 1. The number of hydrogen-bond acceptors (Lipinski definition) is 3. The first-order valence-electron chi connectivity index (χ1n) is 8.98. The molecule has 0 unspecified atom stereocenters. The number of para-hydroxylation sites is 1. The Morgan fingerprint density at radius 3 is 2.74 bits per heavy atom. The summed E-state index contributed by atoms with van der Waals surface area (Å²) < 4.78 is 7.62. The largest absolute Gasteiger partial charge is 0.494 e. The highest BCUT2D eigenvalue weighted by Gasteiger charge is 2.07. The van der Waals surface area contributed by atoms with Gasteiger partial charge in [-0.3, -0.25) is 4.79 Å². The third-order valence-electron chi connectivity index (χ3n) is 4.10. The van der Waals surface area contributed by atoms with Crippen molar-refractivity contribution in [3.8, 4) is 5.75 Å². The van der Waals surface area contributed by atoms with Gasteiger partial charge >= 0.3 is 0 Å².